The molecule has 0 amide bonds. The molecule has 0 aliphatic rings. The number of hydrogen-bond acceptors (Lipinski definition) is 7. The average Bonchev–Trinajstić information content (AvgIpc) is 2.88. The van der Waals surface area contributed by atoms with Crippen LogP contribution in [-0.2, 0) is 0 Å². The fraction of sp³-hybridized carbons (Fsp3) is 0.167. The van der Waals surface area contributed by atoms with E-state index in [0.717, 1.165) is 10.4 Å². The number of tetrazole rings is 1. The summed E-state index contributed by atoms with van der Waals surface area (Å²) in [6.45, 7) is 4.00. The van der Waals surface area contributed by atoms with Gasteiger partial charge >= 0.3 is 0 Å². The zero-order chi connectivity index (χ0) is 14.4. The smallest absolute Gasteiger partial charge is 0.263 e. The van der Waals surface area contributed by atoms with Crippen molar-refractivity contribution in [1.29, 1.82) is 0 Å². The maximum Gasteiger partial charge on any atom is 0.263 e. The quantitative estimate of drug-likeness (QED) is 0.615. The normalized spacial score (nSPS) is 10.7. The van der Waals surface area contributed by atoms with Crippen LogP contribution in [0, 0.1) is 0 Å². The summed E-state index contributed by atoms with van der Waals surface area (Å²) in [6, 6.07) is 5.39. The molecule has 8 heteroatoms. The molecule has 2 N–H and O–H groups in total. The zero-order valence-corrected chi connectivity index (χ0v) is 10.9. The average molecular weight is 274 g/mol. The molecule has 2 rings (SSSR count). The summed E-state index contributed by atoms with van der Waals surface area (Å²) in [5.41, 5.74) is 6.29. The largest absolute Gasteiger partial charge is 0.493 e. The van der Waals surface area contributed by atoms with Gasteiger partial charge in [-0.1, -0.05) is 22.5 Å². The third kappa shape index (κ3) is 3.10. The van der Waals surface area contributed by atoms with E-state index in [2.05, 4.69) is 27.2 Å². The van der Waals surface area contributed by atoms with Gasteiger partial charge in [0.1, 0.15) is 6.61 Å². The number of anilines is 1. The second kappa shape index (κ2) is 6.32. The summed E-state index contributed by atoms with van der Waals surface area (Å²) in [5, 5.41) is 14.5. The van der Waals surface area contributed by atoms with Crippen molar-refractivity contribution in [1.82, 2.24) is 20.3 Å². The van der Waals surface area contributed by atoms with Crippen LogP contribution in [0.2, 0.25) is 0 Å². The third-order valence-corrected chi connectivity index (χ3v) is 2.34. The van der Waals surface area contributed by atoms with Gasteiger partial charge < -0.3 is 15.2 Å². The van der Waals surface area contributed by atoms with E-state index in [1.54, 1.807) is 31.5 Å². The summed E-state index contributed by atoms with van der Waals surface area (Å²) in [6.07, 6.45) is 3.22. The summed E-state index contributed by atoms with van der Waals surface area (Å²) in [4.78, 5) is 1.12. The van der Waals surface area contributed by atoms with Crippen molar-refractivity contribution in [2.45, 2.75) is 0 Å². The molecule has 1 aromatic carbocycles. The summed E-state index contributed by atoms with van der Waals surface area (Å²) >= 11 is 0. The van der Waals surface area contributed by atoms with Crippen LogP contribution >= 0.6 is 0 Å². The number of rotatable bonds is 6. The van der Waals surface area contributed by atoms with Crippen molar-refractivity contribution >= 4 is 12.2 Å². The van der Waals surface area contributed by atoms with Crippen LogP contribution in [0.3, 0.4) is 0 Å². The Kier molecular flexibility index (Phi) is 4.28. The van der Waals surface area contributed by atoms with E-state index in [0.29, 0.717) is 18.1 Å². The summed E-state index contributed by atoms with van der Waals surface area (Å²) < 4.78 is 10.7. The number of aromatic nitrogens is 4. The summed E-state index contributed by atoms with van der Waals surface area (Å²) in [7, 11) is 1.57. The van der Waals surface area contributed by atoms with E-state index < -0.39 is 0 Å². The standard InChI is InChI=1S/C12H14N6O2/c1-3-6-20-10-5-4-9(7-11(10)19-2)8-14-18-12(13)15-16-17-18/h3-5,7-8H,1,6H2,2H3,(H2,13,15,17)/b14-8+. The minimum Gasteiger partial charge on any atom is -0.493 e. The van der Waals surface area contributed by atoms with E-state index in [4.69, 9.17) is 15.2 Å². The van der Waals surface area contributed by atoms with Gasteiger partial charge in [-0.2, -0.15) is 5.10 Å². The van der Waals surface area contributed by atoms with Crippen LogP contribution in [0.4, 0.5) is 5.95 Å². The van der Waals surface area contributed by atoms with E-state index in [-0.39, 0.29) is 5.95 Å². The van der Waals surface area contributed by atoms with E-state index in [9.17, 15) is 0 Å². The molecular formula is C12H14N6O2. The molecule has 0 bridgehead atoms. The number of nitrogens with zero attached hydrogens (tertiary/aromatic N) is 5. The molecular weight excluding hydrogens is 260 g/mol. The van der Waals surface area contributed by atoms with Crippen LogP contribution in [0.25, 0.3) is 0 Å². The van der Waals surface area contributed by atoms with Gasteiger partial charge in [-0.3, -0.25) is 0 Å². The van der Waals surface area contributed by atoms with Gasteiger partial charge in [0, 0.05) is 0 Å². The second-order valence-electron chi connectivity index (χ2n) is 3.68. The lowest BCUT2D eigenvalue weighted by Gasteiger charge is -2.09. The first-order valence-corrected chi connectivity index (χ1v) is 5.74. The molecule has 104 valence electrons. The number of nitrogens with two attached hydrogens (primary N) is 1. The highest BCUT2D eigenvalue weighted by atomic mass is 16.5. The number of methoxy groups -OCH3 is 1. The molecule has 1 aromatic heterocycles. The Morgan fingerprint density at radius 2 is 2.30 bits per heavy atom. The maximum absolute atomic E-state index is 5.50. The third-order valence-electron chi connectivity index (χ3n) is 2.34. The lowest BCUT2D eigenvalue weighted by molar-refractivity contribution is 0.326. The van der Waals surface area contributed by atoms with Crippen LogP contribution in [0.15, 0.2) is 36.0 Å². The van der Waals surface area contributed by atoms with Gasteiger partial charge in [-0.15, -0.1) is 0 Å². The highest BCUT2D eigenvalue weighted by Gasteiger charge is 2.04. The Hall–Kier alpha value is -2.90. The Morgan fingerprint density at radius 3 is 2.95 bits per heavy atom. The molecule has 0 unspecified atom stereocenters. The number of ether oxygens (including phenoxy) is 2. The molecule has 20 heavy (non-hydrogen) atoms. The maximum atomic E-state index is 5.50. The molecule has 8 nitrogen and oxygen atoms in total. The van der Waals surface area contributed by atoms with Crippen molar-refractivity contribution in [2.24, 2.45) is 5.10 Å². The Balaban J connectivity index is 2.19. The predicted molar refractivity (Wildman–Crippen MR) is 73.9 cm³/mol. The fourth-order valence-electron chi connectivity index (χ4n) is 1.43. The Bertz CT molecular complexity index is 622. The van der Waals surface area contributed by atoms with E-state index >= 15 is 0 Å². The predicted octanol–water partition coefficient (Wildman–Crippen LogP) is 0.711. The monoisotopic (exact) mass is 274 g/mol. The topological polar surface area (TPSA) is 100 Å². The van der Waals surface area contributed by atoms with Crippen molar-refractivity contribution < 1.29 is 9.47 Å². The van der Waals surface area contributed by atoms with Gasteiger partial charge in [0.15, 0.2) is 11.5 Å². The van der Waals surface area contributed by atoms with Crippen molar-refractivity contribution in [3.05, 3.63) is 36.4 Å². The number of hydrogen-bond donors (Lipinski definition) is 1. The van der Waals surface area contributed by atoms with E-state index in [1.807, 2.05) is 6.07 Å². The second-order valence-corrected chi connectivity index (χ2v) is 3.68. The first-order chi connectivity index (χ1) is 9.74. The van der Waals surface area contributed by atoms with E-state index in [1.165, 1.54) is 0 Å². The lowest BCUT2D eigenvalue weighted by atomic mass is 10.2. The van der Waals surface area contributed by atoms with Gasteiger partial charge in [-0.25, -0.2) is 0 Å². The first-order valence-electron chi connectivity index (χ1n) is 5.74. The first kappa shape index (κ1) is 13.5. The van der Waals surface area contributed by atoms with Gasteiger partial charge in [-0.05, 0) is 34.2 Å². The zero-order valence-electron chi connectivity index (χ0n) is 10.9. The molecule has 0 radical (unpaired) electrons. The lowest BCUT2D eigenvalue weighted by Crippen LogP contribution is -2.00. The molecule has 0 fully saturated rings. The number of nitrogen functional groups attached to an aromatic ring is 1. The molecule has 0 saturated carbocycles. The highest BCUT2D eigenvalue weighted by Crippen LogP contribution is 2.27. The molecule has 0 atom stereocenters. The molecule has 0 aliphatic carbocycles. The molecule has 1 heterocycles. The van der Waals surface area contributed by atoms with Gasteiger partial charge in [0.25, 0.3) is 5.95 Å². The van der Waals surface area contributed by atoms with Crippen molar-refractivity contribution in [3.63, 3.8) is 0 Å². The van der Waals surface area contributed by atoms with Crippen molar-refractivity contribution in [3.8, 4) is 11.5 Å². The van der Waals surface area contributed by atoms with Crippen LogP contribution in [-0.4, -0.2) is 40.2 Å². The molecule has 0 spiro atoms. The number of benzene rings is 1. The molecule has 0 saturated heterocycles. The fourth-order valence-corrected chi connectivity index (χ4v) is 1.43. The molecule has 2 aromatic rings. The SMILES string of the molecule is C=CCOc1ccc(/C=N/n2nnnc2N)cc1OC. The highest BCUT2D eigenvalue weighted by molar-refractivity contribution is 5.80. The summed E-state index contributed by atoms with van der Waals surface area (Å²) in [5.74, 6) is 1.34. The molecule has 0 aliphatic heterocycles. The Morgan fingerprint density at radius 1 is 1.45 bits per heavy atom. The van der Waals surface area contributed by atoms with Crippen LogP contribution < -0.4 is 15.2 Å². The van der Waals surface area contributed by atoms with Crippen molar-refractivity contribution in [2.75, 3.05) is 19.5 Å². The van der Waals surface area contributed by atoms with Gasteiger partial charge in [0.05, 0.1) is 13.3 Å². The van der Waals surface area contributed by atoms with Gasteiger partial charge in [0.2, 0.25) is 0 Å². The minimum atomic E-state index is 0.110. The Labute approximate surface area is 115 Å². The minimum absolute atomic E-state index is 0.110. The van der Waals surface area contributed by atoms with Crippen LogP contribution in [0.5, 0.6) is 11.5 Å². The van der Waals surface area contributed by atoms with Crippen LogP contribution in [0.1, 0.15) is 5.56 Å².